The topological polar surface area (TPSA) is 78.7 Å². The minimum Gasteiger partial charge on any atom is -0.488 e. The first-order valence-electron chi connectivity index (χ1n) is 9.45. The number of hydrogen-bond donors (Lipinski definition) is 2. The van der Waals surface area contributed by atoms with Crippen LogP contribution in [0.5, 0.6) is 5.75 Å². The summed E-state index contributed by atoms with van der Waals surface area (Å²) in [6.45, 7) is 4.70. The third kappa shape index (κ3) is 6.91. The average molecular weight is 506 g/mol. The molecule has 1 aliphatic rings. The van der Waals surface area contributed by atoms with E-state index in [0.29, 0.717) is 31.2 Å². The van der Waals surface area contributed by atoms with Crippen molar-refractivity contribution in [1.29, 1.82) is 5.26 Å². The van der Waals surface area contributed by atoms with Gasteiger partial charge in [-0.2, -0.15) is 5.26 Å². The lowest BCUT2D eigenvalue weighted by molar-refractivity contribution is 0.140. The fourth-order valence-corrected chi connectivity index (χ4v) is 2.99. The molecule has 154 valence electrons. The smallest absolute Gasteiger partial charge is 0.191 e. The summed E-state index contributed by atoms with van der Waals surface area (Å²) in [4.78, 5) is 4.28. The lowest BCUT2D eigenvalue weighted by atomic mass is 10.1. The largest absolute Gasteiger partial charge is 0.488 e. The van der Waals surface area contributed by atoms with Crippen LogP contribution in [0.2, 0.25) is 0 Å². The Bertz CT molecular complexity index is 856. The number of halogens is 1. The van der Waals surface area contributed by atoms with Crippen molar-refractivity contribution in [1.82, 2.24) is 10.6 Å². The molecule has 2 N–H and O–H groups in total. The summed E-state index contributed by atoms with van der Waals surface area (Å²) in [5.74, 6) is 1.60. The Morgan fingerprint density at radius 2 is 1.97 bits per heavy atom. The maximum atomic E-state index is 8.88. The summed E-state index contributed by atoms with van der Waals surface area (Å²) in [6.07, 6.45) is 1.05. The molecule has 0 bridgehead atoms. The standard InChI is InChI=1S/C22H26N4O2.HI/c1-16-3-8-19(21(11-16)28-20-9-10-27-15-20)14-26-22(24-2)25-13-18-6-4-17(12-23)5-7-18;/h3-8,11,20H,9-10,13-15H2,1-2H3,(H2,24,25,26);1H. The Hall–Kier alpha value is -2.31. The Kier molecular flexibility index (Phi) is 9.22. The van der Waals surface area contributed by atoms with Crippen molar-refractivity contribution < 1.29 is 9.47 Å². The average Bonchev–Trinajstić information content (AvgIpc) is 3.23. The number of ether oxygens (including phenoxy) is 2. The molecule has 7 heteroatoms. The second-order valence-corrected chi connectivity index (χ2v) is 6.80. The zero-order valence-electron chi connectivity index (χ0n) is 16.8. The first kappa shape index (κ1) is 23.0. The number of guanidine groups is 1. The summed E-state index contributed by atoms with van der Waals surface area (Å²) in [7, 11) is 1.75. The van der Waals surface area contributed by atoms with Gasteiger partial charge in [0.05, 0.1) is 24.8 Å². The summed E-state index contributed by atoms with van der Waals surface area (Å²) >= 11 is 0. The van der Waals surface area contributed by atoms with Gasteiger partial charge < -0.3 is 20.1 Å². The monoisotopic (exact) mass is 506 g/mol. The highest BCUT2D eigenvalue weighted by molar-refractivity contribution is 14.0. The van der Waals surface area contributed by atoms with E-state index in [-0.39, 0.29) is 30.1 Å². The number of hydrogen-bond acceptors (Lipinski definition) is 4. The number of nitrogens with one attached hydrogen (secondary N) is 2. The van der Waals surface area contributed by atoms with Crippen molar-refractivity contribution in [2.45, 2.75) is 32.5 Å². The van der Waals surface area contributed by atoms with Crippen LogP contribution in [0.4, 0.5) is 0 Å². The predicted molar refractivity (Wildman–Crippen MR) is 125 cm³/mol. The fraction of sp³-hybridized carbons (Fsp3) is 0.364. The molecule has 6 nitrogen and oxygen atoms in total. The number of rotatable bonds is 6. The van der Waals surface area contributed by atoms with Gasteiger partial charge in [0.2, 0.25) is 0 Å². The number of nitrogens with zero attached hydrogens (tertiary/aromatic N) is 2. The van der Waals surface area contributed by atoms with E-state index in [1.54, 1.807) is 7.05 Å². The maximum Gasteiger partial charge on any atom is 0.191 e. The minimum absolute atomic E-state index is 0. The van der Waals surface area contributed by atoms with Gasteiger partial charge in [0, 0.05) is 32.1 Å². The molecule has 0 spiro atoms. The summed E-state index contributed by atoms with van der Waals surface area (Å²) in [5, 5.41) is 15.5. The van der Waals surface area contributed by atoms with E-state index in [9.17, 15) is 0 Å². The number of nitriles is 1. The molecule has 2 aromatic carbocycles. The van der Waals surface area contributed by atoms with Gasteiger partial charge in [0.1, 0.15) is 11.9 Å². The van der Waals surface area contributed by atoms with Crippen molar-refractivity contribution in [3.8, 4) is 11.8 Å². The molecular weight excluding hydrogens is 479 g/mol. The van der Waals surface area contributed by atoms with E-state index >= 15 is 0 Å². The minimum atomic E-state index is 0. The van der Waals surface area contributed by atoms with Crippen molar-refractivity contribution in [3.05, 3.63) is 64.7 Å². The summed E-state index contributed by atoms with van der Waals surface area (Å²) in [6, 6.07) is 15.9. The van der Waals surface area contributed by atoms with E-state index in [0.717, 1.165) is 29.9 Å². The zero-order chi connectivity index (χ0) is 19.8. The van der Waals surface area contributed by atoms with Crippen LogP contribution in [0.1, 0.15) is 28.7 Å². The highest BCUT2D eigenvalue weighted by Gasteiger charge is 2.18. The van der Waals surface area contributed by atoms with Crippen LogP contribution in [0, 0.1) is 18.3 Å². The van der Waals surface area contributed by atoms with Gasteiger partial charge in [0.15, 0.2) is 5.96 Å². The Labute approximate surface area is 189 Å². The molecule has 0 saturated carbocycles. The lowest BCUT2D eigenvalue weighted by Crippen LogP contribution is -2.36. The van der Waals surface area contributed by atoms with Crippen LogP contribution in [0.15, 0.2) is 47.5 Å². The third-order valence-electron chi connectivity index (χ3n) is 4.62. The number of benzene rings is 2. The molecule has 3 rings (SSSR count). The second-order valence-electron chi connectivity index (χ2n) is 6.80. The van der Waals surface area contributed by atoms with Gasteiger partial charge in [-0.25, -0.2) is 0 Å². The van der Waals surface area contributed by atoms with Crippen LogP contribution in [0.25, 0.3) is 0 Å². The van der Waals surface area contributed by atoms with E-state index in [1.807, 2.05) is 24.3 Å². The highest BCUT2D eigenvalue weighted by atomic mass is 127. The van der Waals surface area contributed by atoms with Crippen molar-refractivity contribution in [2.75, 3.05) is 20.3 Å². The molecule has 2 aromatic rings. The summed E-state index contributed by atoms with van der Waals surface area (Å²) < 4.78 is 11.6. The molecule has 0 amide bonds. The second kappa shape index (κ2) is 11.6. The van der Waals surface area contributed by atoms with Gasteiger partial charge in [-0.15, -0.1) is 24.0 Å². The first-order valence-corrected chi connectivity index (χ1v) is 9.45. The third-order valence-corrected chi connectivity index (χ3v) is 4.62. The maximum absolute atomic E-state index is 8.88. The Morgan fingerprint density at radius 1 is 1.21 bits per heavy atom. The molecule has 1 aliphatic heterocycles. The van der Waals surface area contributed by atoms with Crippen molar-refractivity contribution >= 4 is 29.9 Å². The van der Waals surface area contributed by atoms with Gasteiger partial charge in [0.25, 0.3) is 0 Å². The van der Waals surface area contributed by atoms with Gasteiger partial charge in [-0.1, -0.05) is 24.3 Å². The molecule has 29 heavy (non-hydrogen) atoms. The molecule has 1 unspecified atom stereocenters. The van der Waals surface area contributed by atoms with Crippen molar-refractivity contribution in [3.63, 3.8) is 0 Å². The zero-order valence-corrected chi connectivity index (χ0v) is 19.1. The SMILES string of the molecule is CN=C(NCc1ccc(C#N)cc1)NCc1ccc(C)cc1OC1CCOC1.I. The van der Waals surface area contributed by atoms with Crippen LogP contribution >= 0.6 is 24.0 Å². The van der Waals surface area contributed by atoms with E-state index < -0.39 is 0 Å². The Balaban J connectivity index is 0.00000300. The van der Waals surface area contributed by atoms with Crippen LogP contribution in [-0.2, 0) is 17.8 Å². The lowest BCUT2D eigenvalue weighted by Gasteiger charge is -2.18. The molecule has 0 aliphatic carbocycles. The van der Waals surface area contributed by atoms with Gasteiger partial charge >= 0.3 is 0 Å². The normalized spacial score (nSPS) is 15.9. The highest BCUT2D eigenvalue weighted by Crippen LogP contribution is 2.23. The number of aryl methyl sites for hydroxylation is 1. The van der Waals surface area contributed by atoms with Crippen LogP contribution in [0.3, 0.4) is 0 Å². The van der Waals surface area contributed by atoms with E-state index in [2.05, 4.69) is 46.8 Å². The molecular formula is C22H27IN4O2. The first-order chi connectivity index (χ1) is 13.7. The molecule has 1 heterocycles. The van der Waals surface area contributed by atoms with Gasteiger partial charge in [-0.3, -0.25) is 4.99 Å². The fourth-order valence-electron chi connectivity index (χ4n) is 2.99. The van der Waals surface area contributed by atoms with Gasteiger partial charge in [-0.05, 0) is 36.2 Å². The Morgan fingerprint density at radius 3 is 2.62 bits per heavy atom. The predicted octanol–water partition coefficient (Wildman–Crippen LogP) is 3.52. The van der Waals surface area contributed by atoms with Crippen LogP contribution in [-0.4, -0.2) is 32.3 Å². The van der Waals surface area contributed by atoms with Crippen LogP contribution < -0.4 is 15.4 Å². The van der Waals surface area contributed by atoms with E-state index in [1.165, 1.54) is 5.56 Å². The number of aliphatic imine (C=N–C) groups is 1. The summed E-state index contributed by atoms with van der Waals surface area (Å²) in [5.41, 5.74) is 3.99. The molecule has 1 atom stereocenters. The molecule has 0 radical (unpaired) electrons. The quantitative estimate of drug-likeness (QED) is 0.356. The molecule has 0 aromatic heterocycles. The van der Waals surface area contributed by atoms with E-state index in [4.69, 9.17) is 14.7 Å². The molecule has 1 fully saturated rings. The van der Waals surface area contributed by atoms with Crippen molar-refractivity contribution in [2.24, 2.45) is 4.99 Å². The molecule has 1 saturated heterocycles.